The first-order valence-electron chi connectivity index (χ1n) is 1.36. The first kappa shape index (κ1) is 7.04. The van der Waals surface area contributed by atoms with Gasteiger partial charge in [-0.2, -0.15) is 8.42 Å². The van der Waals surface area contributed by atoms with Crippen LogP contribution >= 0.6 is 9.39 Å². The van der Waals surface area contributed by atoms with E-state index in [2.05, 4.69) is 5.09 Å². The molecule has 0 aromatic carbocycles. The largest absolute Gasteiger partial charge is 0.280 e. The van der Waals surface area contributed by atoms with E-state index in [0.717, 1.165) is 0 Å². The van der Waals surface area contributed by atoms with Crippen LogP contribution in [0.2, 0.25) is 0 Å². The molecule has 6 heteroatoms. The minimum absolute atomic E-state index is 0.273. The van der Waals surface area contributed by atoms with Crippen molar-refractivity contribution >= 4 is 24.8 Å². The Morgan fingerprint density at radius 2 is 2.14 bits per heavy atom. The summed E-state index contributed by atoms with van der Waals surface area (Å²) >= 11 is 0. The molecule has 0 amide bonds. The molecule has 4 nitrogen and oxygen atoms in total. The molecular formula is CH5N2O2PS. The third kappa shape index (κ3) is 2.70. The average Bonchev–Trinajstić information content (AvgIpc) is 1.65. The highest BCUT2D eigenvalue weighted by atomic mass is 32.2. The van der Waals surface area contributed by atoms with Gasteiger partial charge in [0.05, 0.1) is 0 Å². The van der Waals surface area contributed by atoms with E-state index in [4.69, 9.17) is 5.73 Å². The lowest BCUT2D eigenvalue weighted by molar-refractivity contribution is 0.626. The zero-order valence-corrected chi connectivity index (χ0v) is 5.35. The molecule has 0 saturated carbocycles. The van der Waals surface area contributed by atoms with Crippen LogP contribution in [0.15, 0.2) is 0 Å². The van der Waals surface area contributed by atoms with Gasteiger partial charge in [-0.1, -0.05) is 9.39 Å². The highest BCUT2D eigenvalue weighted by Crippen LogP contribution is 1.60. The molecule has 7 heavy (non-hydrogen) atoms. The molecule has 0 fully saturated rings. The van der Waals surface area contributed by atoms with Gasteiger partial charge in [0.15, 0.2) is 5.11 Å². The predicted octanol–water partition coefficient (Wildman–Crippen LogP) is -1.71. The Balaban J connectivity index is 4.33. The summed E-state index contributed by atoms with van der Waals surface area (Å²) < 4.78 is 19.4. The van der Waals surface area contributed by atoms with Gasteiger partial charge in [0.2, 0.25) is 10.3 Å². The average molecular weight is 140 g/mol. The van der Waals surface area contributed by atoms with Crippen molar-refractivity contribution in [3.8, 4) is 0 Å². The van der Waals surface area contributed by atoms with Crippen LogP contribution in [-0.2, 0) is 10.3 Å². The summed E-state index contributed by atoms with van der Waals surface area (Å²) in [6, 6.07) is 0. The van der Waals surface area contributed by atoms with E-state index in [-0.39, 0.29) is 5.11 Å². The second-order valence-electron chi connectivity index (χ2n) is 0.743. The third-order valence-corrected chi connectivity index (χ3v) is 1.32. The fraction of sp³-hybridized carbons (Fsp3) is 0. The van der Waals surface area contributed by atoms with Crippen LogP contribution < -0.4 is 10.8 Å². The van der Waals surface area contributed by atoms with E-state index in [1.165, 1.54) is 0 Å². The predicted molar refractivity (Wildman–Crippen MR) is 31.0 cm³/mol. The molecule has 0 bridgehead atoms. The summed E-state index contributed by atoms with van der Waals surface area (Å²) in [5.41, 5.74) is 4.79. The first-order valence-corrected chi connectivity index (χ1v) is 3.02. The Morgan fingerprint density at radius 1 is 1.71 bits per heavy atom. The van der Waals surface area contributed by atoms with Gasteiger partial charge in [0.25, 0.3) is 0 Å². The van der Waals surface area contributed by atoms with Crippen LogP contribution in [0, 0.1) is 0 Å². The van der Waals surface area contributed by atoms with Crippen LogP contribution in [0.4, 0.5) is 0 Å². The van der Waals surface area contributed by atoms with Crippen molar-refractivity contribution in [2.24, 2.45) is 5.73 Å². The summed E-state index contributed by atoms with van der Waals surface area (Å²) in [4.78, 5) is 0. The van der Waals surface area contributed by atoms with Gasteiger partial charge in [0.1, 0.15) is 0 Å². The fourth-order valence-corrected chi connectivity index (χ4v) is 0.433. The molecule has 0 aliphatic carbocycles. The van der Waals surface area contributed by atoms with Crippen LogP contribution in [-0.4, -0.2) is 13.5 Å². The maximum Gasteiger partial charge on any atom is 0.244 e. The summed E-state index contributed by atoms with van der Waals surface area (Å²) in [5.74, 6) is 0. The second kappa shape index (κ2) is 3.10. The lowest BCUT2D eigenvalue weighted by atomic mass is 11.3. The number of hydrogen-bond donors (Lipinski definition) is 2. The van der Waals surface area contributed by atoms with Crippen molar-refractivity contribution in [3.05, 3.63) is 0 Å². The Hall–Kier alpha value is 0.0400. The van der Waals surface area contributed by atoms with Gasteiger partial charge in [-0.25, -0.2) is 5.09 Å². The van der Waals surface area contributed by atoms with Gasteiger partial charge < -0.3 is 0 Å². The molecule has 0 aromatic heterocycles. The van der Waals surface area contributed by atoms with Crippen LogP contribution in [0.5, 0.6) is 0 Å². The molecule has 0 heterocycles. The first-order chi connectivity index (χ1) is 3.18. The van der Waals surface area contributed by atoms with Gasteiger partial charge >= 0.3 is 0 Å². The van der Waals surface area contributed by atoms with E-state index in [1.807, 2.05) is 9.39 Å². The van der Waals surface area contributed by atoms with Gasteiger partial charge in [-0.15, -0.1) is 0 Å². The molecule has 42 valence electrons. The minimum atomic E-state index is -2.30. The van der Waals surface area contributed by atoms with Crippen LogP contribution in [0.3, 0.4) is 0 Å². The maximum atomic E-state index is 9.69. The second-order valence-corrected chi connectivity index (χ2v) is 1.94. The molecule has 0 aliphatic rings. The van der Waals surface area contributed by atoms with Gasteiger partial charge in [0, 0.05) is 0 Å². The molecule has 0 rings (SSSR count). The summed E-state index contributed by atoms with van der Waals surface area (Å²) in [6.45, 7) is 0. The Labute approximate surface area is 44.9 Å². The summed E-state index contributed by atoms with van der Waals surface area (Å²) in [5, 5.41) is 1.89. The molecule has 0 radical (unpaired) electrons. The molecule has 0 aliphatic heterocycles. The molecule has 1 unspecified atom stereocenters. The fourth-order valence-electron chi connectivity index (χ4n) is 0.0481. The lowest BCUT2D eigenvalue weighted by Crippen LogP contribution is -2.23. The number of hydrogen-bond acceptors (Lipinski definition) is 2. The van der Waals surface area contributed by atoms with E-state index in [1.54, 1.807) is 0 Å². The summed E-state index contributed by atoms with van der Waals surface area (Å²) in [7, 11) is -0.340. The zero-order chi connectivity index (χ0) is 5.86. The Kier molecular flexibility index (Phi) is 3.11. The Bertz CT molecular complexity index is 162. The number of nitrogens with one attached hydrogen (secondary N) is 1. The highest BCUT2D eigenvalue weighted by molar-refractivity contribution is 7.73. The zero-order valence-electron chi connectivity index (χ0n) is 3.38. The molecule has 1 atom stereocenters. The molecular weight excluding hydrogens is 135 g/mol. The molecule has 0 saturated heterocycles. The van der Waals surface area contributed by atoms with E-state index >= 15 is 0 Å². The maximum absolute atomic E-state index is 9.69. The SMILES string of the molecule is NC(NP)=S(=O)=O. The lowest BCUT2D eigenvalue weighted by Gasteiger charge is -1.82. The van der Waals surface area contributed by atoms with Crippen molar-refractivity contribution in [3.63, 3.8) is 0 Å². The van der Waals surface area contributed by atoms with E-state index in [0.29, 0.717) is 0 Å². The molecule has 0 spiro atoms. The van der Waals surface area contributed by atoms with Crippen molar-refractivity contribution in [1.29, 1.82) is 0 Å². The van der Waals surface area contributed by atoms with Crippen molar-refractivity contribution < 1.29 is 8.42 Å². The normalized spacial score (nSPS) is 8.29. The van der Waals surface area contributed by atoms with Crippen LogP contribution in [0.1, 0.15) is 0 Å². The third-order valence-electron chi connectivity index (χ3n) is 0.322. The Morgan fingerprint density at radius 3 is 2.14 bits per heavy atom. The number of nitrogens with two attached hydrogens (primary N) is 1. The number of rotatable bonds is 0. The smallest absolute Gasteiger partial charge is 0.244 e. The standard InChI is InChI=1S/CH5N2O2PS/c2-1(3-6)7(4)5/h3H,2,6H2. The molecule has 0 aromatic rings. The van der Waals surface area contributed by atoms with E-state index < -0.39 is 10.3 Å². The quantitative estimate of drug-likeness (QED) is 0.310. The van der Waals surface area contributed by atoms with Crippen molar-refractivity contribution in [1.82, 2.24) is 5.09 Å². The molecule has 3 N–H and O–H groups in total. The van der Waals surface area contributed by atoms with Gasteiger partial charge in [-0.05, 0) is 0 Å². The van der Waals surface area contributed by atoms with Crippen molar-refractivity contribution in [2.75, 3.05) is 0 Å². The van der Waals surface area contributed by atoms with Crippen LogP contribution in [0.25, 0.3) is 0 Å². The monoisotopic (exact) mass is 140 g/mol. The van der Waals surface area contributed by atoms with Gasteiger partial charge in [-0.3, -0.25) is 5.73 Å². The van der Waals surface area contributed by atoms with E-state index in [9.17, 15) is 8.42 Å². The van der Waals surface area contributed by atoms with Crippen molar-refractivity contribution in [2.45, 2.75) is 0 Å². The minimum Gasteiger partial charge on any atom is -0.280 e. The summed E-state index contributed by atoms with van der Waals surface area (Å²) in [6.07, 6.45) is 0. The highest BCUT2D eigenvalue weighted by Gasteiger charge is 1.80. The topological polar surface area (TPSA) is 72.2 Å².